The molecule has 1 unspecified atom stereocenters. The third kappa shape index (κ3) is 3.54. The quantitative estimate of drug-likeness (QED) is 0.786. The van der Waals surface area contributed by atoms with Gasteiger partial charge in [0.2, 0.25) is 0 Å². The lowest BCUT2D eigenvalue weighted by Crippen LogP contribution is -2.38. The Morgan fingerprint density at radius 1 is 1.40 bits per heavy atom. The van der Waals surface area contributed by atoms with E-state index in [1.54, 1.807) is 0 Å². The van der Waals surface area contributed by atoms with Gasteiger partial charge in [-0.25, -0.2) is 0 Å². The van der Waals surface area contributed by atoms with E-state index in [1.165, 1.54) is 25.8 Å². The number of nitrogens with one attached hydrogen (secondary N) is 1. The van der Waals surface area contributed by atoms with Crippen molar-refractivity contribution in [3.8, 4) is 0 Å². The molecule has 0 amide bonds. The molecule has 0 bridgehead atoms. The van der Waals surface area contributed by atoms with Crippen molar-refractivity contribution >= 4 is 11.6 Å². The van der Waals surface area contributed by atoms with Gasteiger partial charge in [-0.3, -0.25) is 9.58 Å². The van der Waals surface area contributed by atoms with Gasteiger partial charge in [-0.2, -0.15) is 5.10 Å². The third-order valence-electron chi connectivity index (χ3n) is 4.16. The molecule has 1 saturated heterocycles. The molecule has 2 rings (SSSR count). The van der Waals surface area contributed by atoms with E-state index in [9.17, 15) is 0 Å². The van der Waals surface area contributed by atoms with Crippen LogP contribution in [0.3, 0.4) is 0 Å². The van der Waals surface area contributed by atoms with E-state index in [0.29, 0.717) is 6.04 Å². The molecule has 1 aliphatic heterocycles. The number of aryl methyl sites for hydroxylation is 2. The summed E-state index contributed by atoms with van der Waals surface area (Å²) in [4.78, 5) is 2.55. The van der Waals surface area contributed by atoms with Crippen LogP contribution in [0.25, 0.3) is 0 Å². The van der Waals surface area contributed by atoms with E-state index in [4.69, 9.17) is 11.6 Å². The second-order valence-electron chi connectivity index (χ2n) is 5.66. The zero-order valence-electron chi connectivity index (χ0n) is 13.0. The van der Waals surface area contributed by atoms with Gasteiger partial charge in [-0.05, 0) is 38.8 Å². The van der Waals surface area contributed by atoms with Gasteiger partial charge in [0.05, 0.1) is 16.4 Å². The average Bonchev–Trinajstić information content (AvgIpc) is 2.98. The van der Waals surface area contributed by atoms with Crippen LogP contribution in [0.5, 0.6) is 0 Å². The predicted molar refractivity (Wildman–Crippen MR) is 84.2 cm³/mol. The second-order valence-corrected chi connectivity index (χ2v) is 6.03. The van der Waals surface area contributed by atoms with E-state index >= 15 is 0 Å². The average molecular weight is 299 g/mol. The summed E-state index contributed by atoms with van der Waals surface area (Å²) in [5.74, 6) is 0. The first-order valence-corrected chi connectivity index (χ1v) is 8.20. The molecule has 0 radical (unpaired) electrons. The highest BCUT2D eigenvalue weighted by Gasteiger charge is 2.26. The van der Waals surface area contributed by atoms with Crippen molar-refractivity contribution in [2.45, 2.75) is 52.1 Å². The summed E-state index contributed by atoms with van der Waals surface area (Å²) in [6.07, 6.45) is 4.66. The molecule has 1 N–H and O–H groups in total. The van der Waals surface area contributed by atoms with Crippen LogP contribution in [0.1, 0.15) is 44.5 Å². The van der Waals surface area contributed by atoms with Gasteiger partial charge in [0.1, 0.15) is 0 Å². The topological polar surface area (TPSA) is 33.1 Å². The highest BCUT2D eigenvalue weighted by atomic mass is 35.5. The van der Waals surface area contributed by atoms with Crippen LogP contribution in [-0.2, 0) is 20.0 Å². The first kappa shape index (κ1) is 15.8. The van der Waals surface area contributed by atoms with Crippen molar-refractivity contribution in [2.75, 3.05) is 19.6 Å². The van der Waals surface area contributed by atoms with Gasteiger partial charge in [0, 0.05) is 26.2 Å². The molecule has 1 atom stereocenters. The number of nitrogens with zero attached hydrogens (tertiary/aromatic N) is 3. The molecule has 1 aliphatic rings. The largest absolute Gasteiger partial charge is 0.315 e. The maximum atomic E-state index is 6.46. The number of aromatic nitrogens is 2. The van der Waals surface area contributed by atoms with Crippen LogP contribution in [0.2, 0.25) is 5.02 Å². The summed E-state index contributed by atoms with van der Waals surface area (Å²) < 4.78 is 1.95. The van der Waals surface area contributed by atoms with E-state index in [2.05, 4.69) is 29.2 Å². The van der Waals surface area contributed by atoms with Crippen molar-refractivity contribution in [3.63, 3.8) is 0 Å². The van der Waals surface area contributed by atoms with Crippen molar-refractivity contribution in [2.24, 2.45) is 7.05 Å². The fourth-order valence-electron chi connectivity index (χ4n) is 2.96. The Morgan fingerprint density at radius 2 is 2.20 bits per heavy atom. The van der Waals surface area contributed by atoms with Crippen LogP contribution in [-0.4, -0.2) is 40.4 Å². The van der Waals surface area contributed by atoms with Crippen LogP contribution in [0, 0.1) is 0 Å². The van der Waals surface area contributed by atoms with Gasteiger partial charge < -0.3 is 5.32 Å². The Hall–Kier alpha value is -0.580. The molecular weight excluding hydrogens is 272 g/mol. The maximum absolute atomic E-state index is 6.46. The Bertz CT molecular complexity index is 430. The van der Waals surface area contributed by atoms with Crippen LogP contribution < -0.4 is 5.32 Å². The van der Waals surface area contributed by atoms with Crippen molar-refractivity contribution < 1.29 is 0 Å². The van der Waals surface area contributed by atoms with Crippen LogP contribution >= 0.6 is 11.6 Å². The molecule has 0 spiro atoms. The van der Waals surface area contributed by atoms with Gasteiger partial charge in [-0.15, -0.1) is 0 Å². The number of halogens is 1. The molecule has 1 fully saturated rings. The molecule has 1 aromatic rings. The Labute approximate surface area is 127 Å². The number of hydrogen-bond donors (Lipinski definition) is 1. The molecular formula is C15H27ClN4. The second kappa shape index (κ2) is 7.43. The molecule has 0 saturated carbocycles. The van der Waals surface area contributed by atoms with Gasteiger partial charge >= 0.3 is 0 Å². The summed E-state index contributed by atoms with van der Waals surface area (Å²) in [6, 6.07) is 0.637. The van der Waals surface area contributed by atoms with Gasteiger partial charge in [0.15, 0.2) is 0 Å². The minimum atomic E-state index is 0.637. The summed E-state index contributed by atoms with van der Waals surface area (Å²) in [5.41, 5.74) is 2.18. The number of hydrogen-bond acceptors (Lipinski definition) is 3. The first-order chi connectivity index (χ1) is 9.67. The lowest BCUT2D eigenvalue weighted by atomic mass is 10.2. The Balaban J connectivity index is 1.99. The Kier molecular flexibility index (Phi) is 5.87. The minimum Gasteiger partial charge on any atom is -0.315 e. The fraction of sp³-hybridized carbons (Fsp3) is 0.800. The smallest absolute Gasteiger partial charge is 0.0863 e. The lowest BCUT2D eigenvalue weighted by Gasteiger charge is -2.24. The third-order valence-corrected chi connectivity index (χ3v) is 4.60. The molecule has 4 nitrogen and oxygen atoms in total. The molecule has 20 heavy (non-hydrogen) atoms. The summed E-state index contributed by atoms with van der Waals surface area (Å²) >= 11 is 6.46. The summed E-state index contributed by atoms with van der Waals surface area (Å²) in [5, 5.41) is 8.92. The van der Waals surface area contributed by atoms with Gasteiger partial charge in [0.25, 0.3) is 0 Å². The predicted octanol–water partition coefficient (Wildman–Crippen LogP) is 2.60. The standard InChI is InChI=1S/C15H27ClN4/c1-4-8-17-10-12-7-6-9-20(12)11-14-15(16)13(5-2)18-19(14)3/h12,17H,4-11H2,1-3H3. The maximum Gasteiger partial charge on any atom is 0.0863 e. The molecule has 2 heterocycles. The number of rotatable bonds is 7. The SMILES string of the molecule is CCCNCC1CCCN1Cc1c(Cl)c(CC)nn1C. The molecule has 114 valence electrons. The summed E-state index contributed by atoms with van der Waals surface area (Å²) in [7, 11) is 2.00. The first-order valence-electron chi connectivity index (χ1n) is 7.82. The molecule has 0 aromatic carbocycles. The van der Waals surface area contributed by atoms with Crippen LogP contribution in [0.15, 0.2) is 0 Å². The Morgan fingerprint density at radius 3 is 2.85 bits per heavy atom. The zero-order chi connectivity index (χ0) is 14.5. The van der Waals surface area contributed by atoms with Crippen LogP contribution in [0.4, 0.5) is 0 Å². The van der Waals surface area contributed by atoms with E-state index in [1.807, 2.05) is 11.7 Å². The normalized spacial score (nSPS) is 19.9. The van der Waals surface area contributed by atoms with E-state index in [-0.39, 0.29) is 0 Å². The molecule has 1 aromatic heterocycles. The lowest BCUT2D eigenvalue weighted by molar-refractivity contribution is 0.233. The van der Waals surface area contributed by atoms with Crippen molar-refractivity contribution in [3.05, 3.63) is 16.4 Å². The zero-order valence-corrected chi connectivity index (χ0v) is 13.7. The van der Waals surface area contributed by atoms with Crippen molar-refractivity contribution in [1.29, 1.82) is 0 Å². The molecule has 5 heteroatoms. The van der Waals surface area contributed by atoms with E-state index < -0.39 is 0 Å². The van der Waals surface area contributed by atoms with Gasteiger partial charge in [-0.1, -0.05) is 25.4 Å². The molecule has 0 aliphatic carbocycles. The van der Waals surface area contributed by atoms with Crippen molar-refractivity contribution in [1.82, 2.24) is 20.0 Å². The summed E-state index contributed by atoms with van der Waals surface area (Å²) in [6.45, 7) is 8.59. The monoisotopic (exact) mass is 298 g/mol. The highest BCUT2D eigenvalue weighted by Crippen LogP contribution is 2.25. The highest BCUT2D eigenvalue weighted by molar-refractivity contribution is 6.31. The minimum absolute atomic E-state index is 0.637. The number of likely N-dealkylation sites (tertiary alicyclic amines) is 1. The fourth-order valence-corrected chi connectivity index (χ4v) is 3.32. The van der Waals surface area contributed by atoms with E-state index in [0.717, 1.165) is 42.5 Å².